The Bertz CT molecular complexity index is 1690. The summed E-state index contributed by atoms with van der Waals surface area (Å²) in [5.41, 5.74) is 2.45. The summed E-state index contributed by atoms with van der Waals surface area (Å²) < 4.78 is 42.4. The quantitative estimate of drug-likeness (QED) is 0.229. The number of anilines is 2. The first-order valence-electron chi connectivity index (χ1n) is 14.5. The van der Waals surface area contributed by atoms with Gasteiger partial charge in [-0.15, -0.1) is 5.10 Å². The van der Waals surface area contributed by atoms with Crippen LogP contribution in [-0.4, -0.2) is 60.9 Å². The predicted molar refractivity (Wildman–Crippen MR) is 163 cm³/mol. The van der Waals surface area contributed by atoms with Crippen LogP contribution < -0.4 is 19.9 Å². The van der Waals surface area contributed by atoms with Crippen LogP contribution in [0.5, 0.6) is 5.75 Å². The molecule has 0 spiro atoms. The van der Waals surface area contributed by atoms with Crippen molar-refractivity contribution < 1.29 is 17.9 Å². The molecule has 1 fully saturated rings. The number of fused-ring (bicyclic) bond motifs is 1. The lowest BCUT2D eigenvalue weighted by atomic mass is 10.1. The number of H-pyrrole nitrogens is 1. The number of aryl methyl sites for hydroxylation is 2. The number of aromatic nitrogens is 4. The van der Waals surface area contributed by atoms with E-state index in [0.29, 0.717) is 60.3 Å². The second-order valence-corrected chi connectivity index (χ2v) is 12.0. The summed E-state index contributed by atoms with van der Waals surface area (Å²) >= 11 is 0. The molecule has 2 N–H and O–H groups in total. The number of nitrogens with one attached hydrogen (secondary N) is 2. The first kappa shape index (κ1) is 29.6. The standard InChI is InChI=1S/C30H38N6O5S/c1-4-6-7-8-9-27-31-21(3)28-30(37)32-29(33-36(27)28)25-20-24(14-15-26(25)41-5-2)42(38,39)34-22-10-12-23(13-11-22)35-16-18-40-19-17-35/h10-15,20,34H,4-9,16-19H2,1-3H3,(H,32,33,37). The molecular weight excluding hydrogens is 556 g/mol. The van der Waals surface area contributed by atoms with Gasteiger partial charge in [0.15, 0.2) is 11.3 Å². The maximum Gasteiger partial charge on any atom is 0.277 e. The third-order valence-corrected chi connectivity index (χ3v) is 8.69. The van der Waals surface area contributed by atoms with E-state index in [1.165, 1.54) is 12.1 Å². The van der Waals surface area contributed by atoms with Crippen LogP contribution in [0.2, 0.25) is 0 Å². The van der Waals surface area contributed by atoms with Crippen molar-refractivity contribution in [1.82, 2.24) is 19.6 Å². The molecule has 0 saturated carbocycles. The lowest BCUT2D eigenvalue weighted by molar-refractivity contribution is 0.122. The van der Waals surface area contributed by atoms with Gasteiger partial charge in [-0.25, -0.2) is 17.9 Å². The number of hydrogen-bond acceptors (Lipinski definition) is 8. The van der Waals surface area contributed by atoms with E-state index in [9.17, 15) is 13.2 Å². The number of aromatic amines is 1. The van der Waals surface area contributed by atoms with Crippen LogP contribution in [0.4, 0.5) is 11.4 Å². The molecule has 5 rings (SSSR count). The molecule has 12 heteroatoms. The lowest BCUT2D eigenvalue weighted by Gasteiger charge is -2.28. The van der Waals surface area contributed by atoms with Crippen molar-refractivity contribution in [3.63, 3.8) is 0 Å². The molecule has 1 saturated heterocycles. The molecule has 0 unspecified atom stereocenters. The summed E-state index contributed by atoms with van der Waals surface area (Å²) in [7, 11) is -3.97. The SMILES string of the molecule is CCCCCCc1nc(C)c2c(=O)[nH]c(-c3cc(S(=O)(=O)Nc4ccc(N5CCOCC5)cc4)ccc3OCC)nn12. The van der Waals surface area contributed by atoms with Gasteiger partial charge in [0.2, 0.25) is 0 Å². The minimum atomic E-state index is -3.97. The van der Waals surface area contributed by atoms with Gasteiger partial charge in [-0.05, 0) is 62.7 Å². The van der Waals surface area contributed by atoms with E-state index in [1.807, 2.05) is 19.1 Å². The van der Waals surface area contributed by atoms with Crippen molar-refractivity contribution >= 4 is 26.9 Å². The van der Waals surface area contributed by atoms with Crippen molar-refractivity contribution in [2.75, 3.05) is 42.5 Å². The number of rotatable bonds is 12. The fourth-order valence-corrected chi connectivity index (χ4v) is 6.23. The van der Waals surface area contributed by atoms with Crippen LogP contribution >= 0.6 is 0 Å². The van der Waals surface area contributed by atoms with Gasteiger partial charge in [0.05, 0.1) is 36.0 Å². The van der Waals surface area contributed by atoms with E-state index < -0.39 is 10.0 Å². The summed E-state index contributed by atoms with van der Waals surface area (Å²) in [6.07, 6.45) is 4.95. The molecule has 42 heavy (non-hydrogen) atoms. The molecule has 3 heterocycles. The van der Waals surface area contributed by atoms with Gasteiger partial charge in [0.25, 0.3) is 15.6 Å². The largest absolute Gasteiger partial charge is 0.493 e. The third kappa shape index (κ3) is 6.44. The molecule has 2 aromatic heterocycles. The summed E-state index contributed by atoms with van der Waals surface area (Å²) in [5.74, 6) is 1.32. The van der Waals surface area contributed by atoms with Crippen LogP contribution in [0.3, 0.4) is 0 Å². The molecule has 224 valence electrons. The maximum atomic E-state index is 13.5. The van der Waals surface area contributed by atoms with Crippen LogP contribution in [-0.2, 0) is 21.2 Å². The first-order chi connectivity index (χ1) is 20.3. The first-order valence-corrected chi connectivity index (χ1v) is 16.0. The minimum Gasteiger partial charge on any atom is -0.493 e. The number of unbranched alkanes of at least 4 members (excludes halogenated alkanes) is 3. The topological polar surface area (TPSA) is 131 Å². The highest BCUT2D eigenvalue weighted by atomic mass is 32.2. The highest BCUT2D eigenvalue weighted by molar-refractivity contribution is 7.92. The van der Waals surface area contributed by atoms with Gasteiger partial charge in [-0.2, -0.15) is 0 Å². The Kier molecular flexibility index (Phi) is 9.12. The molecule has 1 aliphatic rings. The van der Waals surface area contributed by atoms with Crippen LogP contribution in [0.1, 0.15) is 51.0 Å². The molecular formula is C30H38N6O5S. The molecule has 1 aliphatic heterocycles. The minimum absolute atomic E-state index is 0.0163. The second kappa shape index (κ2) is 13.0. The molecule has 11 nitrogen and oxygen atoms in total. The van der Waals surface area contributed by atoms with Gasteiger partial charge in [-0.3, -0.25) is 9.52 Å². The fraction of sp³-hybridized carbons (Fsp3) is 0.433. The monoisotopic (exact) mass is 594 g/mol. The van der Waals surface area contributed by atoms with E-state index in [0.717, 1.165) is 44.5 Å². The number of nitrogens with zero attached hydrogens (tertiary/aromatic N) is 4. The van der Waals surface area contributed by atoms with Gasteiger partial charge in [-0.1, -0.05) is 26.2 Å². The Morgan fingerprint density at radius 2 is 1.81 bits per heavy atom. The Hall–Kier alpha value is -3.90. The molecule has 0 aliphatic carbocycles. The molecule has 4 aromatic rings. The molecule has 0 atom stereocenters. The Balaban J connectivity index is 1.47. The van der Waals surface area contributed by atoms with Crippen molar-refractivity contribution in [3.05, 3.63) is 64.3 Å². The third-order valence-electron chi connectivity index (χ3n) is 7.31. The van der Waals surface area contributed by atoms with Crippen molar-refractivity contribution in [2.24, 2.45) is 0 Å². The van der Waals surface area contributed by atoms with Crippen LogP contribution in [0.15, 0.2) is 52.2 Å². The highest BCUT2D eigenvalue weighted by Gasteiger charge is 2.21. The van der Waals surface area contributed by atoms with Gasteiger partial charge >= 0.3 is 0 Å². The fourth-order valence-electron chi connectivity index (χ4n) is 5.15. The number of ether oxygens (including phenoxy) is 2. The van der Waals surface area contributed by atoms with Crippen molar-refractivity contribution in [3.8, 4) is 17.1 Å². The smallest absolute Gasteiger partial charge is 0.277 e. The normalized spacial score (nSPS) is 13.9. The Labute approximate surface area is 245 Å². The van der Waals surface area contributed by atoms with Crippen LogP contribution in [0.25, 0.3) is 16.9 Å². The number of sulfonamides is 1. The van der Waals surface area contributed by atoms with Crippen molar-refractivity contribution in [1.29, 1.82) is 0 Å². The molecule has 2 aromatic carbocycles. The van der Waals surface area contributed by atoms with E-state index in [-0.39, 0.29) is 16.3 Å². The highest BCUT2D eigenvalue weighted by Crippen LogP contribution is 2.31. The van der Waals surface area contributed by atoms with Crippen LogP contribution in [0, 0.1) is 6.92 Å². The van der Waals surface area contributed by atoms with Gasteiger partial charge in [0, 0.05) is 30.9 Å². The van der Waals surface area contributed by atoms with E-state index in [2.05, 4.69) is 26.5 Å². The van der Waals surface area contributed by atoms with Gasteiger partial charge in [0.1, 0.15) is 11.6 Å². The van der Waals surface area contributed by atoms with Crippen molar-refractivity contribution in [2.45, 2.75) is 57.8 Å². The average molecular weight is 595 g/mol. The zero-order valence-corrected chi connectivity index (χ0v) is 25.2. The Morgan fingerprint density at radius 1 is 1.05 bits per heavy atom. The molecule has 0 bridgehead atoms. The number of imidazole rings is 1. The maximum absolute atomic E-state index is 13.5. The predicted octanol–water partition coefficient (Wildman–Crippen LogP) is 4.55. The number of morpholine rings is 1. The number of benzene rings is 2. The lowest BCUT2D eigenvalue weighted by Crippen LogP contribution is -2.36. The van der Waals surface area contributed by atoms with E-state index >= 15 is 0 Å². The summed E-state index contributed by atoms with van der Waals surface area (Å²) in [4.78, 5) is 22.8. The van der Waals surface area contributed by atoms with Gasteiger partial charge < -0.3 is 19.4 Å². The van der Waals surface area contributed by atoms with E-state index in [1.54, 1.807) is 29.6 Å². The Morgan fingerprint density at radius 3 is 2.52 bits per heavy atom. The zero-order chi connectivity index (χ0) is 29.7. The summed E-state index contributed by atoms with van der Waals surface area (Å²) in [5, 5.41) is 4.72. The second-order valence-electron chi connectivity index (χ2n) is 10.3. The zero-order valence-electron chi connectivity index (χ0n) is 24.4. The summed E-state index contributed by atoms with van der Waals surface area (Å²) in [6, 6.07) is 11.8. The van der Waals surface area contributed by atoms with E-state index in [4.69, 9.17) is 14.6 Å². The molecule has 0 amide bonds. The summed E-state index contributed by atoms with van der Waals surface area (Å²) in [6.45, 7) is 9.06. The number of hydrogen-bond donors (Lipinski definition) is 2. The molecule has 0 radical (unpaired) electrons. The average Bonchev–Trinajstić information content (AvgIpc) is 3.31.